The zero-order chi connectivity index (χ0) is 22.2. The summed E-state index contributed by atoms with van der Waals surface area (Å²) in [6, 6.07) is 23.1. The fourth-order valence-electron chi connectivity index (χ4n) is 3.07. The molecule has 0 bridgehead atoms. The van der Waals surface area contributed by atoms with Crippen LogP contribution in [0.3, 0.4) is 0 Å². The highest BCUT2D eigenvalue weighted by atomic mass is 16.5. The second kappa shape index (κ2) is 10.1. The molecule has 0 saturated heterocycles. The van der Waals surface area contributed by atoms with Crippen molar-refractivity contribution in [1.82, 2.24) is 5.32 Å². The summed E-state index contributed by atoms with van der Waals surface area (Å²) in [5.74, 6) is 0.256. The Morgan fingerprint density at radius 1 is 0.839 bits per heavy atom. The summed E-state index contributed by atoms with van der Waals surface area (Å²) >= 11 is 0. The third kappa shape index (κ3) is 6.17. The summed E-state index contributed by atoms with van der Waals surface area (Å²) in [6.07, 6.45) is 0.588. The molecule has 0 radical (unpaired) electrons. The minimum absolute atomic E-state index is 0.0337. The molecule has 0 aliphatic carbocycles. The number of carbonyl (C=O) groups excluding carboxylic acids is 1. The lowest BCUT2D eigenvalue weighted by atomic mass is 10.1. The van der Waals surface area contributed by atoms with E-state index >= 15 is 0 Å². The Balaban J connectivity index is 1.72. The maximum atomic E-state index is 12.8. The van der Waals surface area contributed by atoms with Gasteiger partial charge in [0.15, 0.2) is 0 Å². The molecule has 0 fully saturated rings. The van der Waals surface area contributed by atoms with Crippen LogP contribution in [-0.4, -0.2) is 30.2 Å². The topological polar surface area (TPSA) is 138 Å². The van der Waals surface area contributed by atoms with Gasteiger partial charge in [0, 0.05) is 16.7 Å². The van der Waals surface area contributed by atoms with Crippen LogP contribution in [0.2, 0.25) is 0 Å². The quantitative estimate of drug-likeness (QED) is 0.271. The highest BCUT2D eigenvalue weighted by molar-refractivity contribution is 5.98. The van der Waals surface area contributed by atoms with Crippen LogP contribution in [0.5, 0.6) is 5.75 Å². The highest BCUT2D eigenvalue weighted by Crippen LogP contribution is 2.14. The maximum absolute atomic E-state index is 12.8. The highest BCUT2D eigenvalue weighted by Gasteiger charge is 2.16. The molecule has 7 nitrogen and oxygen atoms in total. The van der Waals surface area contributed by atoms with Gasteiger partial charge in [-0.2, -0.15) is 0 Å². The predicted molar refractivity (Wildman–Crippen MR) is 122 cm³/mol. The second-order valence-corrected chi connectivity index (χ2v) is 7.10. The normalized spacial score (nSPS) is 11.4. The Labute approximate surface area is 181 Å². The monoisotopic (exact) mass is 415 g/mol. The summed E-state index contributed by atoms with van der Waals surface area (Å²) in [6.45, 7) is 0.244. The maximum Gasteiger partial charge on any atom is 0.251 e. The van der Waals surface area contributed by atoms with Crippen molar-refractivity contribution < 1.29 is 9.53 Å². The zero-order valence-corrected chi connectivity index (χ0v) is 17.0. The number of amidine groups is 2. The second-order valence-electron chi connectivity index (χ2n) is 7.10. The summed E-state index contributed by atoms with van der Waals surface area (Å²) in [4.78, 5) is 12.8. The van der Waals surface area contributed by atoms with Crippen molar-refractivity contribution in [2.75, 3.05) is 6.61 Å². The number of ether oxygens (including phenoxy) is 1. The van der Waals surface area contributed by atoms with Gasteiger partial charge in [-0.1, -0.05) is 54.6 Å². The molecule has 0 aliphatic rings. The molecule has 0 saturated carbocycles. The van der Waals surface area contributed by atoms with Gasteiger partial charge in [0.1, 0.15) is 24.0 Å². The van der Waals surface area contributed by atoms with Crippen LogP contribution in [0.15, 0.2) is 78.9 Å². The molecule has 3 rings (SSSR count). The van der Waals surface area contributed by atoms with Gasteiger partial charge in [-0.05, 0) is 36.2 Å². The van der Waals surface area contributed by atoms with Crippen molar-refractivity contribution in [2.24, 2.45) is 11.5 Å². The van der Waals surface area contributed by atoms with E-state index in [0.29, 0.717) is 28.9 Å². The fraction of sp³-hybridized carbons (Fsp3) is 0.125. The summed E-state index contributed by atoms with van der Waals surface area (Å²) in [5, 5.41) is 18.1. The van der Waals surface area contributed by atoms with Crippen LogP contribution in [0, 0.1) is 10.8 Å². The standard InChI is InChI=1S/C24H25N5O2/c25-22(26)17-9-11-18(12-10-17)24(30)29-20(13-16-5-2-1-3-6-16)15-31-21-8-4-7-19(14-21)23(27)28/h1-12,14,20H,13,15H2,(H3,25,26)(H3,27,28)(H,29,30)/t20-/m1/s1. The van der Waals surface area contributed by atoms with E-state index in [1.165, 1.54) is 0 Å². The van der Waals surface area contributed by atoms with Crippen molar-refractivity contribution in [3.8, 4) is 5.75 Å². The molecule has 7 N–H and O–H groups in total. The minimum atomic E-state index is -0.289. The minimum Gasteiger partial charge on any atom is -0.491 e. The van der Waals surface area contributed by atoms with Gasteiger partial charge in [0.05, 0.1) is 6.04 Å². The van der Waals surface area contributed by atoms with Gasteiger partial charge < -0.3 is 21.5 Å². The van der Waals surface area contributed by atoms with Crippen molar-refractivity contribution in [3.05, 3.63) is 101 Å². The first kappa shape index (κ1) is 21.6. The van der Waals surface area contributed by atoms with Gasteiger partial charge in [0.2, 0.25) is 0 Å². The number of nitrogen functional groups attached to an aromatic ring is 2. The van der Waals surface area contributed by atoms with Crippen LogP contribution >= 0.6 is 0 Å². The van der Waals surface area contributed by atoms with E-state index in [9.17, 15) is 4.79 Å². The van der Waals surface area contributed by atoms with Crippen molar-refractivity contribution in [1.29, 1.82) is 10.8 Å². The largest absolute Gasteiger partial charge is 0.491 e. The number of rotatable bonds is 9. The number of amides is 1. The van der Waals surface area contributed by atoms with E-state index in [1.54, 1.807) is 48.5 Å². The van der Waals surface area contributed by atoms with Gasteiger partial charge in [-0.3, -0.25) is 15.6 Å². The Kier molecular flexibility index (Phi) is 7.01. The van der Waals surface area contributed by atoms with E-state index in [4.69, 9.17) is 27.0 Å². The molecule has 31 heavy (non-hydrogen) atoms. The first-order valence-corrected chi connectivity index (χ1v) is 9.79. The molecule has 0 spiro atoms. The molecule has 0 aromatic heterocycles. The molecule has 1 atom stereocenters. The number of carbonyl (C=O) groups is 1. The van der Waals surface area contributed by atoms with Gasteiger partial charge in [-0.25, -0.2) is 0 Å². The number of hydrogen-bond acceptors (Lipinski definition) is 4. The third-order valence-corrected chi connectivity index (χ3v) is 4.71. The van der Waals surface area contributed by atoms with Gasteiger partial charge in [-0.15, -0.1) is 0 Å². The lowest BCUT2D eigenvalue weighted by molar-refractivity contribution is 0.0921. The molecule has 1 amide bonds. The first-order valence-electron chi connectivity index (χ1n) is 9.79. The molecule has 0 unspecified atom stereocenters. The van der Waals surface area contributed by atoms with Crippen molar-refractivity contribution in [3.63, 3.8) is 0 Å². The summed E-state index contributed by atoms with van der Waals surface area (Å²) in [5.41, 5.74) is 13.7. The molecular formula is C24H25N5O2. The van der Waals surface area contributed by atoms with Crippen LogP contribution < -0.4 is 21.5 Å². The zero-order valence-electron chi connectivity index (χ0n) is 17.0. The molecule has 158 valence electrons. The molecule has 3 aromatic carbocycles. The van der Waals surface area contributed by atoms with E-state index in [0.717, 1.165) is 5.56 Å². The van der Waals surface area contributed by atoms with E-state index in [2.05, 4.69) is 5.32 Å². The lowest BCUT2D eigenvalue weighted by Crippen LogP contribution is -2.40. The van der Waals surface area contributed by atoms with Gasteiger partial charge in [0.25, 0.3) is 5.91 Å². The summed E-state index contributed by atoms with van der Waals surface area (Å²) < 4.78 is 5.91. The molecule has 0 heterocycles. The number of benzene rings is 3. The van der Waals surface area contributed by atoms with E-state index in [-0.39, 0.29) is 30.2 Å². The van der Waals surface area contributed by atoms with E-state index < -0.39 is 0 Å². The Morgan fingerprint density at radius 3 is 2.13 bits per heavy atom. The SMILES string of the molecule is N=C(N)c1ccc(C(=O)N[C@@H](COc2cccc(C(=N)N)c2)Cc2ccccc2)cc1. The third-order valence-electron chi connectivity index (χ3n) is 4.71. The Hall–Kier alpha value is -4.13. The van der Waals surface area contributed by atoms with E-state index in [1.807, 2.05) is 30.3 Å². The first-order chi connectivity index (χ1) is 14.9. The van der Waals surface area contributed by atoms with Crippen LogP contribution in [0.25, 0.3) is 0 Å². The lowest BCUT2D eigenvalue weighted by Gasteiger charge is -2.20. The Bertz CT molecular complexity index is 1060. The predicted octanol–water partition coefficient (Wildman–Crippen LogP) is 2.67. The fourth-order valence-corrected chi connectivity index (χ4v) is 3.07. The molecule has 7 heteroatoms. The number of nitrogens with one attached hydrogen (secondary N) is 3. The summed E-state index contributed by atoms with van der Waals surface area (Å²) in [7, 11) is 0. The van der Waals surface area contributed by atoms with Crippen LogP contribution in [-0.2, 0) is 6.42 Å². The average Bonchev–Trinajstić information content (AvgIpc) is 2.78. The molecule has 3 aromatic rings. The van der Waals surface area contributed by atoms with Crippen molar-refractivity contribution >= 4 is 17.6 Å². The van der Waals surface area contributed by atoms with Crippen molar-refractivity contribution in [2.45, 2.75) is 12.5 Å². The average molecular weight is 415 g/mol. The van der Waals surface area contributed by atoms with Crippen LogP contribution in [0.4, 0.5) is 0 Å². The Morgan fingerprint density at radius 2 is 1.48 bits per heavy atom. The smallest absolute Gasteiger partial charge is 0.251 e. The molecular weight excluding hydrogens is 390 g/mol. The number of nitrogens with two attached hydrogens (primary N) is 2. The van der Waals surface area contributed by atoms with Gasteiger partial charge >= 0.3 is 0 Å². The van der Waals surface area contributed by atoms with Crippen LogP contribution in [0.1, 0.15) is 27.0 Å². The molecule has 0 aliphatic heterocycles. The number of hydrogen-bond donors (Lipinski definition) is 5.